The van der Waals surface area contributed by atoms with Gasteiger partial charge in [-0.1, -0.05) is 84.9 Å². The topological polar surface area (TPSA) is 3.88 Å². The first-order chi connectivity index (χ1) is 19.0. The number of nitrogens with zero attached hydrogens (tertiary/aromatic N) is 1. The van der Waals surface area contributed by atoms with Gasteiger partial charge in [-0.2, -0.15) is 0 Å². The lowest BCUT2D eigenvalue weighted by Crippen LogP contribution is -2.28. The molecule has 0 saturated heterocycles. The molecule has 12 bridgehead atoms. The SMILES string of the molecule is Cc1c[n+](C)c2cc1c1cccc(c1)c1cccc(c1)c1cccc(c1)c1cccc(c1)c1ccc(C)c2c1. The van der Waals surface area contributed by atoms with Crippen LogP contribution in [0.5, 0.6) is 0 Å². The Morgan fingerprint density at radius 3 is 1.28 bits per heavy atom. The fourth-order valence-electron chi connectivity index (χ4n) is 5.94. The molecule has 1 heterocycles. The third-order valence-electron chi connectivity index (χ3n) is 8.08. The summed E-state index contributed by atoms with van der Waals surface area (Å²) in [6.07, 6.45) is 2.26. The summed E-state index contributed by atoms with van der Waals surface area (Å²) in [6, 6.07) is 44.9. The van der Waals surface area contributed by atoms with E-state index in [0.717, 1.165) is 0 Å². The van der Waals surface area contributed by atoms with E-state index in [1.165, 1.54) is 75.9 Å². The fourth-order valence-corrected chi connectivity index (χ4v) is 5.94. The predicted octanol–water partition coefficient (Wildman–Crippen LogP) is 9.73. The lowest BCUT2D eigenvalue weighted by Gasteiger charge is -2.05. The Morgan fingerprint density at radius 1 is 0.385 bits per heavy atom. The molecular formula is C38H30N+. The summed E-state index contributed by atoms with van der Waals surface area (Å²) in [4.78, 5) is 0. The summed E-state index contributed by atoms with van der Waals surface area (Å²) >= 11 is 0. The largest absolute Gasteiger partial charge is 0.213 e. The smallest absolute Gasteiger partial charge is 0.201 e. The average molecular weight is 501 g/mol. The maximum atomic E-state index is 2.36. The minimum atomic E-state index is 1.22. The summed E-state index contributed by atoms with van der Waals surface area (Å²) in [6.45, 7) is 4.42. The van der Waals surface area contributed by atoms with Gasteiger partial charge in [-0.3, -0.25) is 0 Å². The number of fused-ring (bicyclic) bond motifs is 18. The van der Waals surface area contributed by atoms with Crippen molar-refractivity contribution in [2.75, 3.05) is 0 Å². The molecule has 7 aromatic rings. The van der Waals surface area contributed by atoms with Crippen LogP contribution in [0.3, 0.4) is 0 Å². The molecule has 6 aromatic carbocycles. The van der Waals surface area contributed by atoms with Crippen LogP contribution in [0.2, 0.25) is 0 Å². The molecule has 0 radical (unpaired) electrons. The number of aryl methyl sites for hydroxylation is 3. The zero-order valence-corrected chi connectivity index (χ0v) is 22.6. The van der Waals surface area contributed by atoms with Crippen molar-refractivity contribution >= 4 is 64.8 Å². The minimum Gasteiger partial charge on any atom is -0.201 e. The van der Waals surface area contributed by atoms with Crippen LogP contribution < -0.4 is 4.57 Å². The quantitative estimate of drug-likeness (QED) is 0.182. The van der Waals surface area contributed by atoms with Gasteiger partial charge in [-0.15, -0.1) is 0 Å². The molecule has 1 heteroatoms. The van der Waals surface area contributed by atoms with E-state index in [0.29, 0.717) is 0 Å². The van der Waals surface area contributed by atoms with Gasteiger partial charge in [-0.25, -0.2) is 4.57 Å². The summed E-state index contributed by atoms with van der Waals surface area (Å²) < 4.78 is 2.26. The van der Waals surface area contributed by atoms with Gasteiger partial charge in [0.2, 0.25) is 5.52 Å². The maximum Gasteiger partial charge on any atom is 0.213 e. The Kier molecular flexibility index (Phi) is 5.52. The van der Waals surface area contributed by atoms with E-state index >= 15 is 0 Å². The van der Waals surface area contributed by atoms with Crippen LogP contribution in [0, 0.1) is 13.8 Å². The third kappa shape index (κ3) is 4.17. The highest BCUT2D eigenvalue weighted by Gasteiger charge is 2.09. The number of pyridine rings is 1. The molecule has 0 aliphatic heterocycles. The van der Waals surface area contributed by atoms with Gasteiger partial charge in [0.25, 0.3) is 0 Å². The summed E-state index contributed by atoms with van der Waals surface area (Å²) in [5.41, 5.74) is 3.75. The van der Waals surface area contributed by atoms with E-state index in [4.69, 9.17) is 0 Å². The van der Waals surface area contributed by atoms with Crippen molar-refractivity contribution in [3.8, 4) is 0 Å². The molecule has 186 valence electrons. The highest BCUT2D eigenvalue weighted by molar-refractivity contribution is 6.01. The molecule has 0 spiro atoms. The van der Waals surface area contributed by atoms with Gasteiger partial charge in [0, 0.05) is 17.0 Å². The second kappa shape index (κ2) is 9.22. The number of rotatable bonds is 0. The minimum absolute atomic E-state index is 1.22. The molecule has 0 unspecified atom stereocenters. The molecular weight excluding hydrogens is 470 g/mol. The summed E-state index contributed by atoms with van der Waals surface area (Å²) in [5, 5.41) is 13.6. The Bertz CT molecular complexity index is 2200. The zero-order valence-electron chi connectivity index (χ0n) is 22.6. The van der Waals surface area contributed by atoms with Crippen LogP contribution in [0.15, 0.2) is 128 Å². The summed E-state index contributed by atoms with van der Waals surface area (Å²) in [7, 11) is 2.15. The van der Waals surface area contributed by atoms with E-state index in [1.54, 1.807) is 0 Å². The monoisotopic (exact) mass is 500 g/mol. The first-order valence-electron chi connectivity index (χ1n) is 13.6. The first-order valence-corrected chi connectivity index (χ1v) is 13.6. The van der Waals surface area contributed by atoms with Crippen LogP contribution in [-0.4, -0.2) is 0 Å². The lowest BCUT2D eigenvalue weighted by atomic mass is 10.0. The molecule has 39 heavy (non-hydrogen) atoms. The molecule has 7 rings (SSSR count). The van der Waals surface area contributed by atoms with Crippen molar-refractivity contribution < 1.29 is 4.57 Å². The van der Waals surface area contributed by atoms with Crippen molar-refractivity contribution in [1.29, 1.82) is 0 Å². The molecule has 0 fully saturated rings. The highest BCUT2D eigenvalue weighted by Crippen LogP contribution is 2.27. The lowest BCUT2D eigenvalue weighted by molar-refractivity contribution is -0.645. The van der Waals surface area contributed by atoms with Crippen molar-refractivity contribution in [1.82, 2.24) is 0 Å². The van der Waals surface area contributed by atoms with Crippen molar-refractivity contribution in [3.05, 3.63) is 139 Å². The van der Waals surface area contributed by atoms with E-state index in [9.17, 15) is 0 Å². The van der Waals surface area contributed by atoms with Crippen LogP contribution in [0.1, 0.15) is 11.1 Å². The Morgan fingerprint density at radius 2 is 0.795 bits per heavy atom. The van der Waals surface area contributed by atoms with E-state index < -0.39 is 0 Å². The van der Waals surface area contributed by atoms with Crippen molar-refractivity contribution in [2.24, 2.45) is 7.05 Å². The molecule has 1 aromatic heterocycles. The normalized spacial score (nSPS) is 11.5. The average Bonchev–Trinajstić information content (AvgIpc) is 2.98. The maximum absolute atomic E-state index is 2.36. The van der Waals surface area contributed by atoms with Crippen LogP contribution in [0.25, 0.3) is 64.8 Å². The van der Waals surface area contributed by atoms with Gasteiger partial charge >= 0.3 is 0 Å². The zero-order chi connectivity index (χ0) is 26.5. The molecule has 0 saturated carbocycles. The van der Waals surface area contributed by atoms with Gasteiger partial charge in [0.15, 0.2) is 6.20 Å². The number of hydrogen-bond acceptors (Lipinski definition) is 0. The van der Waals surface area contributed by atoms with Crippen LogP contribution in [-0.2, 0) is 7.05 Å². The van der Waals surface area contributed by atoms with Gasteiger partial charge in [-0.05, 0) is 104 Å². The van der Waals surface area contributed by atoms with Gasteiger partial charge < -0.3 is 0 Å². The second-order valence-corrected chi connectivity index (χ2v) is 10.7. The number of aromatic nitrogens is 1. The third-order valence-corrected chi connectivity index (χ3v) is 8.08. The predicted molar refractivity (Wildman–Crippen MR) is 169 cm³/mol. The Hall–Kier alpha value is -4.75. The Balaban J connectivity index is 1.76. The van der Waals surface area contributed by atoms with Crippen LogP contribution in [0.4, 0.5) is 0 Å². The fraction of sp³-hybridized carbons (Fsp3) is 0.0789. The van der Waals surface area contributed by atoms with E-state index in [2.05, 4.69) is 153 Å². The van der Waals surface area contributed by atoms with Gasteiger partial charge in [0.05, 0.1) is 0 Å². The first kappa shape index (κ1) is 23.4. The molecule has 0 amide bonds. The van der Waals surface area contributed by atoms with Crippen LogP contribution >= 0.6 is 0 Å². The molecule has 0 aliphatic carbocycles. The van der Waals surface area contributed by atoms with Gasteiger partial charge in [0.1, 0.15) is 7.05 Å². The van der Waals surface area contributed by atoms with E-state index in [-0.39, 0.29) is 0 Å². The van der Waals surface area contributed by atoms with Crippen molar-refractivity contribution in [2.45, 2.75) is 13.8 Å². The Labute approximate surface area is 228 Å². The molecule has 1 nitrogen and oxygen atoms in total. The van der Waals surface area contributed by atoms with Crippen molar-refractivity contribution in [3.63, 3.8) is 0 Å². The summed E-state index contributed by atoms with van der Waals surface area (Å²) in [5.74, 6) is 0. The highest BCUT2D eigenvalue weighted by atomic mass is 14.9. The molecule has 0 aliphatic rings. The second-order valence-electron chi connectivity index (χ2n) is 10.7. The van der Waals surface area contributed by atoms with E-state index in [1.807, 2.05) is 0 Å². The number of benzene rings is 5. The standard InChI is InChI=1S/C38H30N/c1-25-16-17-34-22-37(25)38-23-36(26(2)24-39(38)3)35-15-7-14-33(21-35)31-12-5-10-29(19-31)27-8-4-9-28(18-27)30-11-6-13-32(34)20-30/h4-24H,1-3H3/q+1. The molecule has 0 N–H and O–H groups in total. The molecule has 0 atom stereocenters. The number of hydrogen-bond donors (Lipinski definition) is 0.